The second kappa shape index (κ2) is 7.77. The van der Waals surface area contributed by atoms with Gasteiger partial charge in [-0.2, -0.15) is 11.3 Å². The highest BCUT2D eigenvalue weighted by molar-refractivity contribution is 7.08. The topological polar surface area (TPSA) is 46.3 Å². The molecule has 1 atom stereocenters. The summed E-state index contributed by atoms with van der Waals surface area (Å²) in [6.07, 6.45) is 0.850. The second-order valence-electron chi connectivity index (χ2n) is 4.89. The van der Waals surface area contributed by atoms with Gasteiger partial charge in [-0.3, -0.25) is 4.79 Å². The first-order valence-corrected chi connectivity index (χ1v) is 6.91. The third-order valence-corrected chi connectivity index (χ3v) is 3.95. The maximum absolute atomic E-state index is 12.1. The molecule has 1 aromatic rings. The van der Waals surface area contributed by atoms with Crippen molar-refractivity contribution in [2.24, 2.45) is 11.7 Å². The van der Waals surface area contributed by atoms with Gasteiger partial charge in [-0.25, -0.2) is 0 Å². The van der Waals surface area contributed by atoms with Crippen LogP contribution in [0.2, 0.25) is 0 Å². The van der Waals surface area contributed by atoms with Gasteiger partial charge in [0.15, 0.2) is 0 Å². The Morgan fingerprint density at radius 2 is 2.06 bits per heavy atom. The van der Waals surface area contributed by atoms with Crippen LogP contribution >= 0.6 is 23.7 Å². The number of halogens is 1. The number of aryl methyl sites for hydroxylation is 1. The molecule has 0 aliphatic rings. The maximum atomic E-state index is 12.1. The molecule has 2 N–H and O–H groups in total. The Hall–Kier alpha value is -0.580. The first-order chi connectivity index (χ1) is 7.93. The van der Waals surface area contributed by atoms with E-state index in [1.165, 1.54) is 0 Å². The molecule has 0 fully saturated rings. The lowest BCUT2D eigenvalue weighted by Crippen LogP contribution is -2.34. The molecule has 0 aliphatic heterocycles. The van der Waals surface area contributed by atoms with E-state index in [1.54, 1.807) is 16.2 Å². The molecular weight excluding hydrogens is 268 g/mol. The van der Waals surface area contributed by atoms with E-state index in [4.69, 9.17) is 5.73 Å². The molecule has 3 nitrogen and oxygen atoms in total. The third kappa shape index (κ3) is 4.59. The van der Waals surface area contributed by atoms with Crippen LogP contribution in [0.15, 0.2) is 10.8 Å². The van der Waals surface area contributed by atoms with Crippen LogP contribution < -0.4 is 5.73 Å². The average Bonchev–Trinajstić information content (AvgIpc) is 2.70. The predicted octanol–water partition coefficient (Wildman–Crippen LogP) is 2.92. The minimum absolute atomic E-state index is 0. The lowest BCUT2D eigenvalue weighted by atomic mass is 10.0. The van der Waals surface area contributed by atoms with Gasteiger partial charge in [-0.1, -0.05) is 13.8 Å². The van der Waals surface area contributed by atoms with Crippen LogP contribution in [-0.4, -0.2) is 30.4 Å². The first kappa shape index (κ1) is 17.4. The van der Waals surface area contributed by atoms with Crippen molar-refractivity contribution in [1.29, 1.82) is 0 Å². The summed E-state index contributed by atoms with van der Waals surface area (Å²) >= 11 is 1.57. The minimum Gasteiger partial charge on any atom is -0.342 e. The van der Waals surface area contributed by atoms with Crippen molar-refractivity contribution in [2.45, 2.75) is 33.2 Å². The Labute approximate surface area is 120 Å². The van der Waals surface area contributed by atoms with Crippen molar-refractivity contribution in [3.8, 4) is 0 Å². The van der Waals surface area contributed by atoms with Gasteiger partial charge in [0, 0.05) is 25.0 Å². The van der Waals surface area contributed by atoms with Crippen LogP contribution in [0.5, 0.6) is 0 Å². The van der Waals surface area contributed by atoms with Gasteiger partial charge in [0.1, 0.15) is 0 Å². The summed E-state index contributed by atoms with van der Waals surface area (Å²) in [5.41, 5.74) is 7.85. The molecule has 104 valence electrons. The lowest BCUT2D eigenvalue weighted by Gasteiger charge is -2.21. The fraction of sp³-hybridized carbons (Fsp3) is 0.615. The van der Waals surface area contributed by atoms with E-state index >= 15 is 0 Å². The largest absolute Gasteiger partial charge is 0.342 e. The van der Waals surface area contributed by atoms with Crippen molar-refractivity contribution in [1.82, 2.24) is 4.90 Å². The lowest BCUT2D eigenvalue weighted by molar-refractivity contribution is 0.0789. The number of rotatable bonds is 5. The number of hydrogen-bond donors (Lipinski definition) is 1. The number of carbonyl (C=O) groups is 1. The number of amides is 1. The average molecular weight is 291 g/mol. The summed E-state index contributed by atoms with van der Waals surface area (Å²) in [6.45, 7) is 6.90. The Morgan fingerprint density at radius 1 is 1.44 bits per heavy atom. The van der Waals surface area contributed by atoms with E-state index < -0.39 is 0 Å². The van der Waals surface area contributed by atoms with Crippen LogP contribution in [-0.2, 0) is 0 Å². The zero-order valence-corrected chi connectivity index (χ0v) is 13.1. The SMILES string of the molecule is Cc1cscc1C(=O)N(C)CCC(N)C(C)C.Cl. The van der Waals surface area contributed by atoms with Crippen molar-refractivity contribution in [3.63, 3.8) is 0 Å². The smallest absolute Gasteiger partial charge is 0.254 e. The van der Waals surface area contributed by atoms with E-state index in [2.05, 4.69) is 13.8 Å². The van der Waals surface area contributed by atoms with Crippen molar-refractivity contribution in [2.75, 3.05) is 13.6 Å². The van der Waals surface area contributed by atoms with E-state index in [-0.39, 0.29) is 24.4 Å². The van der Waals surface area contributed by atoms with Crippen molar-refractivity contribution in [3.05, 3.63) is 21.9 Å². The number of thiophene rings is 1. The highest BCUT2D eigenvalue weighted by Crippen LogP contribution is 2.16. The summed E-state index contributed by atoms with van der Waals surface area (Å²) in [6, 6.07) is 0.161. The summed E-state index contributed by atoms with van der Waals surface area (Å²) in [4.78, 5) is 13.9. The zero-order valence-electron chi connectivity index (χ0n) is 11.5. The fourth-order valence-electron chi connectivity index (χ4n) is 1.56. The molecule has 0 bridgehead atoms. The number of carbonyl (C=O) groups excluding carboxylic acids is 1. The molecule has 0 saturated carbocycles. The van der Waals surface area contributed by atoms with E-state index in [0.29, 0.717) is 12.5 Å². The van der Waals surface area contributed by atoms with Gasteiger partial charge in [0.05, 0.1) is 5.56 Å². The van der Waals surface area contributed by atoms with Gasteiger partial charge in [0.2, 0.25) is 0 Å². The molecule has 0 aromatic carbocycles. The summed E-state index contributed by atoms with van der Waals surface area (Å²) in [5, 5.41) is 3.91. The standard InChI is InChI=1S/C13H22N2OS.ClH/c1-9(2)12(14)5-6-15(4)13(16)11-8-17-7-10(11)3;/h7-9,12H,5-6,14H2,1-4H3;1H. The van der Waals surface area contributed by atoms with Gasteiger partial charge >= 0.3 is 0 Å². The maximum Gasteiger partial charge on any atom is 0.254 e. The van der Waals surface area contributed by atoms with Crippen LogP contribution in [0.1, 0.15) is 36.2 Å². The van der Waals surface area contributed by atoms with Crippen LogP contribution in [0.25, 0.3) is 0 Å². The third-order valence-electron chi connectivity index (χ3n) is 3.09. The molecule has 5 heteroatoms. The fourth-order valence-corrected chi connectivity index (χ4v) is 2.38. The molecule has 18 heavy (non-hydrogen) atoms. The molecule has 0 radical (unpaired) electrons. The Bertz CT molecular complexity index is 379. The first-order valence-electron chi connectivity index (χ1n) is 5.97. The number of nitrogens with zero attached hydrogens (tertiary/aromatic N) is 1. The normalized spacial score (nSPS) is 12.1. The predicted molar refractivity (Wildman–Crippen MR) is 80.7 cm³/mol. The summed E-state index contributed by atoms with van der Waals surface area (Å²) in [7, 11) is 1.84. The van der Waals surface area contributed by atoms with Crippen LogP contribution in [0.4, 0.5) is 0 Å². The van der Waals surface area contributed by atoms with Gasteiger partial charge in [0.25, 0.3) is 5.91 Å². The zero-order chi connectivity index (χ0) is 13.0. The van der Waals surface area contributed by atoms with Crippen molar-refractivity contribution >= 4 is 29.7 Å². The quantitative estimate of drug-likeness (QED) is 0.906. The van der Waals surface area contributed by atoms with Gasteiger partial charge in [-0.05, 0) is 30.2 Å². The monoisotopic (exact) mass is 290 g/mol. The molecule has 0 aliphatic carbocycles. The van der Waals surface area contributed by atoms with E-state index in [9.17, 15) is 4.79 Å². The highest BCUT2D eigenvalue weighted by atomic mass is 35.5. The van der Waals surface area contributed by atoms with Gasteiger partial charge < -0.3 is 10.6 Å². The molecule has 1 amide bonds. The molecule has 1 rings (SSSR count). The minimum atomic E-state index is 0. The van der Waals surface area contributed by atoms with Gasteiger partial charge in [-0.15, -0.1) is 12.4 Å². The molecule has 0 spiro atoms. The van der Waals surface area contributed by atoms with Crippen LogP contribution in [0.3, 0.4) is 0 Å². The van der Waals surface area contributed by atoms with E-state index in [0.717, 1.165) is 17.5 Å². The highest BCUT2D eigenvalue weighted by Gasteiger charge is 2.16. The Balaban J connectivity index is 0.00000289. The molecule has 1 aromatic heterocycles. The molecule has 1 heterocycles. The van der Waals surface area contributed by atoms with Crippen molar-refractivity contribution < 1.29 is 4.79 Å². The Morgan fingerprint density at radius 3 is 2.50 bits per heavy atom. The molecule has 1 unspecified atom stereocenters. The second-order valence-corrected chi connectivity index (χ2v) is 5.64. The number of hydrogen-bond acceptors (Lipinski definition) is 3. The van der Waals surface area contributed by atoms with Crippen LogP contribution in [0, 0.1) is 12.8 Å². The summed E-state index contributed by atoms with van der Waals surface area (Å²) < 4.78 is 0. The van der Waals surface area contributed by atoms with E-state index in [1.807, 2.05) is 24.7 Å². The molecular formula is C13H23ClN2OS. The Kier molecular flexibility index (Phi) is 7.52. The summed E-state index contributed by atoms with van der Waals surface area (Å²) in [5.74, 6) is 0.557. The number of nitrogens with two attached hydrogens (primary N) is 1. The molecule has 0 saturated heterocycles.